The van der Waals surface area contributed by atoms with Crippen molar-refractivity contribution in [2.24, 2.45) is 10.2 Å². The maximum Gasteiger partial charge on any atom is 0.316 e. The van der Waals surface area contributed by atoms with Crippen molar-refractivity contribution >= 4 is 22.5 Å². The second-order valence-electron chi connectivity index (χ2n) is 2.66. The molecule has 6 nitrogen and oxygen atoms in total. The van der Waals surface area contributed by atoms with E-state index in [2.05, 4.69) is 25.4 Å². The van der Waals surface area contributed by atoms with Crippen LogP contribution in [0.5, 0.6) is 0 Å². The molecule has 1 aliphatic rings. The summed E-state index contributed by atoms with van der Waals surface area (Å²) in [5, 5.41) is 14.5. The van der Waals surface area contributed by atoms with Crippen LogP contribution in [-0.4, -0.2) is 21.1 Å². The molecule has 13 heavy (non-hydrogen) atoms. The van der Waals surface area contributed by atoms with Gasteiger partial charge in [0.1, 0.15) is 5.69 Å². The largest absolute Gasteiger partial charge is 0.316 e. The fraction of sp³-hybridized carbons (Fsp3) is 0. The van der Waals surface area contributed by atoms with Gasteiger partial charge in [-0.15, -0.1) is 10.2 Å². The molecule has 0 saturated heterocycles. The first-order valence-corrected chi connectivity index (χ1v) is 3.64. The molecule has 0 bridgehead atoms. The van der Waals surface area contributed by atoms with Crippen molar-refractivity contribution < 1.29 is 4.79 Å². The predicted octanol–water partition coefficient (Wildman–Crippen LogP) is 1.20. The van der Waals surface area contributed by atoms with Gasteiger partial charge in [0.15, 0.2) is 5.69 Å². The van der Waals surface area contributed by atoms with Crippen LogP contribution in [0.2, 0.25) is 0 Å². The number of carbonyl (C=O) groups is 1. The number of hydrogen-bond acceptors (Lipinski definition) is 4. The van der Waals surface area contributed by atoms with Gasteiger partial charge in [-0.1, -0.05) is 0 Å². The third kappa shape index (κ3) is 0.689. The molecule has 3 rings (SSSR count). The number of carbonyl (C=O) groups excluding carboxylic acids is 1. The van der Waals surface area contributed by atoms with Gasteiger partial charge in [-0.3, -0.25) is 9.89 Å². The molecule has 62 valence electrons. The molecule has 0 fully saturated rings. The normalized spacial score (nSPS) is 14.0. The maximum atomic E-state index is 11.1. The second kappa shape index (κ2) is 1.98. The van der Waals surface area contributed by atoms with E-state index in [1.807, 2.05) is 0 Å². The van der Waals surface area contributed by atoms with E-state index < -0.39 is 5.91 Å². The SMILES string of the molecule is O=C1N=Nc2c1ncc1[nH]ncc21. The highest BCUT2D eigenvalue weighted by Gasteiger charge is 2.21. The van der Waals surface area contributed by atoms with E-state index in [9.17, 15) is 4.79 Å². The van der Waals surface area contributed by atoms with Crippen LogP contribution in [0.1, 0.15) is 10.5 Å². The van der Waals surface area contributed by atoms with Crippen molar-refractivity contribution in [3.63, 3.8) is 0 Å². The summed E-state index contributed by atoms with van der Waals surface area (Å²) in [6, 6.07) is 0. The average molecular weight is 173 g/mol. The minimum Gasteiger partial charge on any atom is -0.276 e. The van der Waals surface area contributed by atoms with Gasteiger partial charge < -0.3 is 0 Å². The Morgan fingerprint density at radius 2 is 2.15 bits per heavy atom. The first kappa shape index (κ1) is 6.41. The molecule has 1 amide bonds. The Hall–Kier alpha value is -2.11. The lowest BCUT2D eigenvalue weighted by atomic mass is 10.2. The number of amides is 1. The molecule has 0 aliphatic carbocycles. The van der Waals surface area contributed by atoms with Crippen LogP contribution in [-0.2, 0) is 0 Å². The predicted molar refractivity (Wildman–Crippen MR) is 42.7 cm³/mol. The number of fused-ring (bicyclic) bond motifs is 3. The van der Waals surface area contributed by atoms with Gasteiger partial charge >= 0.3 is 5.91 Å². The highest BCUT2D eigenvalue weighted by atomic mass is 16.2. The van der Waals surface area contributed by atoms with Crippen LogP contribution in [0.25, 0.3) is 10.9 Å². The van der Waals surface area contributed by atoms with Gasteiger partial charge in [0.05, 0.1) is 23.3 Å². The smallest absolute Gasteiger partial charge is 0.276 e. The van der Waals surface area contributed by atoms with Crippen LogP contribution in [0, 0.1) is 0 Å². The van der Waals surface area contributed by atoms with Gasteiger partial charge in [0.2, 0.25) is 0 Å². The summed E-state index contributed by atoms with van der Waals surface area (Å²) in [5.41, 5.74) is 1.57. The quantitative estimate of drug-likeness (QED) is 0.649. The summed E-state index contributed by atoms with van der Waals surface area (Å²) in [6.07, 6.45) is 3.16. The molecule has 0 saturated carbocycles. The zero-order valence-corrected chi connectivity index (χ0v) is 6.35. The van der Waals surface area contributed by atoms with Crippen molar-refractivity contribution in [3.8, 4) is 0 Å². The standard InChI is InChI=1S/C7H3N5O/c13-7-6-5(11-12-7)3-1-9-10-4(3)2-8-6/h1-2H,(H,9,10). The minimum atomic E-state index is -0.391. The van der Waals surface area contributed by atoms with E-state index in [1.165, 1.54) is 0 Å². The second-order valence-corrected chi connectivity index (χ2v) is 2.66. The van der Waals surface area contributed by atoms with Crippen LogP contribution in [0.3, 0.4) is 0 Å². The van der Waals surface area contributed by atoms with Crippen LogP contribution >= 0.6 is 0 Å². The van der Waals surface area contributed by atoms with E-state index >= 15 is 0 Å². The first-order chi connectivity index (χ1) is 6.36. The molecule has 6 heteroatoms. The van der Waals surface area contributed by atoms with E-state index in [4.69, 9.17) is 0 Å². The molecule has 0 unspecified atom stereocenters. The van der Waals surface area contributed by atoms with E-state index in [1.54, 1.807) is 12.4 Å². The lowest BCUT2D eigenvalue weighted by molar-refractivity contribution is 0.0998. The average Bonchev–Trinajstić information content (AvgIpc) is 2.70. The number of aromatic nitrogens is 3. The topological polar surface area (TPSA) is 83.4 Å². The van der Waals surface area contributed by atoms with Gasteiger partial charge in [0, 0.05) is 0 Å². The molecule has 2 aromatic heterocycles. The summed E-state index contributed by atoms with van der Waals surface area (Å²) >= 11 is 0. The lowest BCUT2D eigenvalue weighted by Gasteiger charge is -1.92. The molecule has 2 aromatic rings. The molecular formula is C7H3N5O. The third-order valence-electron chi connectivity index (χ3n) is 1.91. The lowest BCUT2D eigenvalue weighted by Crippen LogP contribution is -1.92. The molecule has 0 atom stereocenters. The summed E-state index contributed by atoms with van der Waals surface area (Å²) in [7, 11) is 0. The summed E-state index contributed by atoms with van der Waals surface area (Å²) < 4.78 is 0. The van der Waals surface area contributed by atoms with Crippen molar-refractivity contribution in [1.29, 1.82) is 0 Å². The molecule has 3 heterocycles. The monoisotopic (exact) mass is 173 g/mol. The van der Waals surface area contributed by atoms with Gasteiger partial charge in [-0.25, -0.2) is 4.98 Å². The molecule has 0 aromatic carbocycles. The highest BCUT2D eigenvalue weighted by Crippen LogP contribution is 2.31. The minimum absolute atomic E-state index is 0.300. The Balaban J connectivity index is 2.52. The summed E-state index contributed by atoms with van der Waals surface area (Å²) in [4.78, 5) is 15.0. The number of aromatic amines is 1. The maximum absolute atomic E-state index is 11.1. The highest BCUT2D eigenvalue weighted by molar-refractivity contribution is 6.07. The first-order valence-electron chi connectivity index (χ1n) is 3.64. The van der Waals surface area contributed by atoms with Crippen molar-refractivity contribution in [2.45, 2.75) is 0 Å². The van der Waals surface area contributed by atoms with Crippen LogP contribution < -0.4 is 0 Å². The van der Waals surface area contributed by atoms with Crippen LogP contribution in [0.4, 0.5) is 5.69 Å². The van der Waals surface area contributed by atoms with E-state index in [-0.39, 0.29) is 0 Å². The molecule has 1 aliphatic heterocycles. The fourth-order valence-electron chi connectivity index (χ4n) is 1.30. The zero-order chi connectivity index (χ0) is 8.84. The Morgan fingerprint density at radius 1 is 1.23 bits per heavy atom. The number of nitrogens with zero attached hydrogens (tertiary/aromatic N) is 4. The van der Waals surface area contributed by atoms with Crippen molar-refractivity contribution in [3.05, 3.63) is 18.1 Å². The van der Waals surface area contributed by atoms with E-state index in [0.717, 1.165) is 10.9 Å². The number of H-pyrrole nitrogens is 1. The third-order valence-corrected chi connectivity index (χ3v) is 1.91. The van der Waals surface area contributed by atoms with Gasteiger partial charge in [0.25, 0.3) is 0 Å². The zero-order valence-electron chi connectivity index (χ0n) is 6.35. The summed E-state index contributed by atoms with van der Waals surface area (Å²) in [5.74, 6) is -0.391. The Morgan fingerprint density at radius 3 is 3.08 bits per heavy atom. The number of nitrogens with one attached hydrogen (secondary N) is 1. The number of pyridine rings is 1. The number of rotatable bonds is 0. The Labute approximate surface area is 71.7 Å². The Kier molecular flexibility index (Phi) is 0.974. The molecule has 0 spiro atoms. The van der Waals surface area contributed by atoms with Crippen LogP contribution in [0.15, 0.2) is 22.6 Å². The fourth-order valence-corrected chi connectivity index (χ4v) is 1.30. The Bertz CT molecular complexity index is 541. The molecule has 0 radical (unpaired) electrons. The van der Waals surface area contributed by atoms with Gasteiger partial charge in [-0.05, 0) is 0 Å². The van der Waals surface area contributed by atoms with Gasteiger partial charge in [-0.2, -0.15) is 5.10 Å². The van der Waals surface area contributed by atoms with Crippen molar-refractivity contribution in [1.82, 2.24) is 15.2 Å². The molecule has 1 N–H and O–H groups in total. The number of hydrogen-bond donors (Lipinski definition) is 1. The summed E-state index contributed by atoms with van der Waals surface area (Å²) in [6.45, 7) is 0. The number of azo groups is 1. The molecular weight excluding hydrogens is 170 g/mol. The van der Waals surface area contributed by atoms with E-state index in [0.29, 0.717) is 11.4 Å². The van der Waals surface area contributed by atoms with Crippen molar-refractivity contribution in [2.75, 3.05) is 0 Å².